The van der Waals surface area contributed by atoms with Gasteiger partial charge in [-0.15, -0.1) is 5.10 Å². The van der Waals surface area contributed by atoms with E-state index in [0.29, 0.717) is 0 Å². The van der Waals surface area contributed by atoms with Gasteiger partial charge in [0.05, 0.1) is 23.6 Å². The Kier molecular flexibility index (Phi) is 2.30. The van der Waals surface area contributed by atoms with Gasteiger partial charge in [0.25, 0.3) is 0 Å². The maximum atomic E-state index is 12.7. The second-order valence-electron chi connectivity index (χ2n) is 3.12. The normalized spacial score (nSPS) is 11.7. The van der Waals surface area contributed by atoms with E-state index in [-0.39, 0.29) is 11.4 Å². The molecule has 0 saturated heterocycles. The Morgan fingerprint density at radius 2 is 2.00 bits per heavy atom. The summed E-state index contributed by atoms with van der Waals surface area (Å²) < 4.78 is 39.0. The zero-order valence-corrected chi connectivity index (χ0v) is 7.94. The molecule has 0 aliphatic heterocycles. The van der Waals surface area contributed by atoms with Crippen LogP contribution in [0.15, 0.2) is 30.6 Å². The van der Waals surface area contributed by atoms with Gasteiger partial charge in [-0.1, -0.05) is 5.21 Å². The van der Waals surface area contributed by atoms with Crippen molar-refractivity contribution in [3.05, 3.63) is 36.2 Å². The van der Waals surface area contributed by atoms with E-state index >= 15 is 0 Å². The summed E-state index contributed by atoms with van der Waals surface area (Å²) in [6.45, 7) is 0. The Morgan fingerprint density at radius 3 is 2.56 bits per heavy atom. The number of rotatable bonds is 1. The molecule has 0 fully saturated rings. The van der Waals surface area contributed by atoms with E-state index in [9.17, 15) is 13.2 Å². The lowest BCUT2D eigenvalue weighted by Gasteiger charge is -2.12. The summed E-state index contributed by atoms with van der Waals surface area (Å²) in [7, 11) is 0. The van der Waals surface area contributed by atoms with Gasteiger partial charge in [0.1, 0.15) is 0 Å². The third-order valence-electron chi connectivity index (χ3n) is 2.00. The van der Waals surface area contributed by atoms with Crippen LogP contribution in [0.2, 0.25) is 0 Å². The number of alkyl halides is 3. The van der Waals surface area contributed by atoms with Crippen LogP contribution in [-0.4, -0.2) is 15.0 Å². The van der Waals surface area contributed by atoms with E-state index in [1.54, 1.807) is 0 Å². The van der Waals surface area contributed by atoms with Gasteiger partial charge in [0, 0.05) is 5.69 Å². The average Bonchev–Trinajstić information content (AvgIpc) is 2.68. The minimum Gasteiger partial charge on any atom is -0.399 e. The molecule has 7 heteroatoms. The quantitative estimate of drug-likeness (QED) is 0.758. The van der Waals surface area contributed by atoms with Crippen LogP contribution < -0.4 is 5.73 Å². The van der Waals surface area contributed by atoms with E-state index in [1.165, 1.54) is 24.5 Å². The zero-order chi connectivity index (χ0) is 11.8. The molecule has 2 aromatic rings. The maximum Gasteiger partial charge on any atom is 0.418 e. The number of aromatic nitrogens is 3. The summed E-state index contributed by atoms with van der Waals surface area (Å²) in [5.41, 5.74) is 4.75. The molecule has 84 valence electrons. The van der Waals surface area contributed by atoms with Gasteiger partial charge in [0.2, 0.25) is 0 Å². The Morgan fingerprint density at radius 1 is 1.25 bits per heavy atom. The van der Waals surface area contributed by atoms with E-state index in [4.69, 9.17) is 5.73 Å². The van der Waals surface area contributed by atoms with Crippen LogP contribution in [0, 0.1) is 0 Å². The van der Waals surface area contributed by atoms with Crippen LogP contribution in [0.4, 0.5) is 18.9 Å². The molecule has 0 atom stereocenters. The van der Waals surface area contributed by atoms with Crippen molar-refractivity contribution in [1.29, 1.82) is 0 Å². The molecule has 0 aliphatic rings. The van der Waals surface area contributed by atoms with Gasteiger partial charge in [-0.2, -0.15) is 13.2 Å². The molecule has 0 aliphatic carbocycles. The fraction of sp³-hybridized carbons (Fsp3) is 0.111. The molecule has 0 amide bonds. The van der Waals surface area contributed by atoms with E-state index in [1.807, 2.05) is 0 Å². The van der Waals surface area contributed by atoms with Crippen molar-refractivity contribution >= 4 is 5.69 Å². The predicted molar refractivity (Wildman–Crippen MR) is 50.8 cm³/mol. The number of halogens is 3. The largest absolute Gasteiger partial charge is 0.418 e. The van der Waals surface area contributed by atoms with Crippen LogP contribution in [0.25, 0.3) is 5.69 Å². The highest BCUT2D eigenvalue weighted by atomic mass is 19.4. The third-order valence-corrected chi connectivity index (χ3v) is 2.00. The molecule has 16 heavy (non-hydrogen) atoms. The number of hydrogen-bond donors (Lipinski definition) is 1. The summed E-state index contributed by atoms with van der Waals surface area (Å²) in [6.07, 6.45) is -1.83. The molecular formula is C9H7F3N4. The number of anilines is 1. The van der Waals surface area contributed by atoms with E-state index in [2.05, 4.69) is 10.3 Å². The summed E-state index contributed by atoms with van der Waals surface area (Å²) in [4.78, 5) is 0. The fourth-order valence-electron chi connectivity index (χ4n) is 1.31. The fourth-order valence-corrected chi connectivity index (χ4v) is 1.31. The Bertz CT molecular complexity index is 490. The van der Waals surface area contributed by atoms with Gasteiger partial charge >= 0.3 is 6.18 Å². The Balaban J connectivity index is 2.63. The molecule has 2 rings (SSSR count). The second-order valence-corrected chi connectivity index (χ2v) is 3.12. The predicted octanol–water partition coefficient (Wildman–Crippen LogP) is 1.87. The lowest BCUT2D eigenvalue weighted by atomic mass is 10.1. The molecule has 0 saturated carbocycles. The first-order chi connectivity index (χ1) is 7.48. The molecule has 1 aromatic carbocycles. The van der Waals surface area contributed by atoms with Gasteiger partial charge < -0.3 is 5.73 Å². The molecule has 1 heterocycles. The molecule has 0 bridgehead atoms. The first kappa shape index (κ1) is 10.5. The molecule has 4 nitrogen and oxygen atoms in total. The Hall–Kier alpha value is -2.05. The maximum absolute atomic E-state index is 12.7. The molecule has 1 aromatic heterocycles. The van der Waals surface area contributed by atoms with Crippen LogP contribution in [0.1, 0.15) is 5.56 Å². The number of nitrogen functional groups attached to an aromatic ring is 1. The van der Waals surface area contributed by atoms with E-state index < -0.39 is 11.7 Å². The molecule has 0 radical (unpaired) electrons. The Labute approximate surface area is 88.5 Å². The average molecular weight is 228 g/mol. The highest BCUT2D eigenvalue weighted by Gasteiger charge is 2.34. The standard InChI is InChI=1S/C9H7F3N4/c10-9(11,12)7-2-1-6(13)5-8(7)16-4-3-14-15-16/h1-5H,13H2. The van der Waals surface area contributed by atoms with Crippen molar-refractivity contribution in [1.82, 2.24) is 15.0 Å². The van der Waals surface area contributed by atoms with Crippen molar-refractivity contribution in [3.8, 4) is 5.69 Å². The summed E-state index contributed by atoms with van der Waals surface area (Å²) in [5, 5.41) is 6.97. The van der Waals surface area contributed by atoms with Gasteiger partial charge in [-0.05, 0) is 18.2 Å². The number of nitrogens with zero attached hydrogens (tertiary/aromatic N) is 3. The first-order valence-corrected chi connectivity index (χ1v) is 4.32. The number of nitrogens with two attached hydrogens (primary N) is 1. The van der Waals surface area contributed by atoms with E-state index in [0.717, 1.165) is 10.7 Å². The van der Waals surface area contributed by atoms with Crippen LogP contribution in [-0.2, 0) is 6.18 Å². The molecule has 2 N–H and O–H groups in total. The summed E-state index contributed by atoms with van der Waals surface area (Å²) in [6, 6.07) is 3.33. The van der Waals surface area contributed by atoms with Crippen molar-refractivity contribution < 1.29 is 13.2 Å². The minimum atomic E-state index is -4.45. The number of benzene rings is 1. The van der Waals surface area contributed by atoms with Crippen molar-refractivity contribution in [2.75, 3.05) is 5.73 Å². The van der Waals surface area contributed by atoms with Crippen molar-refractivity contribution in [2.45, 2.75) is 6.18 Å². The van der Waals surface area contributed by atoms with Crippen LogP contribution in [0.5, 0.6) is 0 Å². The lowest BCUT2D eigenvalue weighted by molar-refractivity contribution is -0.137. The smallest absolute Gasteiger partial charge is 0.399 e. The monoisotopic (exact) mass is 228 g/mol. The summed E-state index contributed by atoms with van der Waals surface area (Å²) in [5.74, 6) is 0. The highest BCUT2D eigenvalue weighted by Crippen LogP contribution is 2.34. The molecule has 0 spiro atoms. The van der Waals surface area contributed by atoms with Crippen molar-refractivity contribution in [2.24, 2.45) is 0 Å². The third kappa shape index (κ3) is 1.83. The molecular weight excluding hydrogens is 221 g/mol. The molecule has 0 unspecified atom stereocenters. The lowest BCUT2D eigenvalue weighted by Crippen LogP contribution is -2.11. The number of hydrogen-bond acceptors (Lipinski definition) is 3. The SMILES string of the molecule is Nc1ccc(C(F)(F)F)c(-n2ccnn2)c1. The van der Waals surface area contributed by atoms with Gasteiger partial charge in [-0.25, -0.2) is 4.68 Å². The zero-order valence-electron chi connectivity index (χ0n) is 7.94. The van der Waals surface area contributed by atoms with Gasteiger partial charge in [0.15, 0.2) is 0 Å². The second kappa shape index (κ2) is 3.51. The van der Waals surface area contributed by atoms with Crippen LogP contribution >= 0.6 is 0 Å². The minimum absolute atomic E-state index is 0.134. The van der Waals surface area contributed by atoms with Crippen molar-refractivity contribution in [3.63, 3.8) is 0 Å². The topological polar surface area (TPSA) is 56.7 Å². The highest BCUT2D eigenvalue weighted by molar-refractivity contribution is 5.53. The van der Waals surface area contributed by atoms with Gasteiger partial charge in [-0.3, -0.25) is 0 Å². The summed E-state index contributed by atoms with van der Waals surface area (Å²) >= 11 is 0. The first-order valence-electron chi connectivity index (χ1n) is 4.32. The van der Waals surface area contributed by atoms with Crippen LogP contribution in [0.3, 0.4) is 0 Å².